The molecule has 0 bridgehead atoms. The molecule has 1 N–H and O–H groups in total. The standard InChI is InChI=1S/C24H26N2O4/c1-4-17-9-11-18(12-10-17)24(16(2)3)26-21(27)15-29-23(28)14-13-22-25-19-7-5-6-8-20(19)30-22/h5-14,16,24H,4,15H2,1-3H3,(H,26,27)/b14-13+/t24-/m1/s1. The number of para-hydroxylation sites is 2. The molecule has 30 heavy (non-hydrogen) atoms. The number of benzene rings is 2. The Morgan fingerprint density at radius 1 is 1.13 bits per heavy atom. The molecule has 0 aliphatic carbocycles. The van der Waals surface area contributed by atoms with Crippen LogP contribution in [0.25, 0.3) is 17.2 Å². The highest BCUT2D eigenvalue weighted by molar-refractivity contribution is 5.89. The van der Waals surface area contributed by atoms with Gasteiger partial charge in [0.1, 0.15) is 5.52 Å². The fraction of sp³-hybridized carbons (Fsp3) is 0.292. The molecular weight excluding hydrogens is 380 g/mol. The molecule has 1 amide bonds. The fourth-order valence-corrected chi connectivity index (χ4v) is 3.10. The van der Waals surface area contributed by atoms with Gasteiger partial charge in [0.25, 0.3) is 5.91 Å². The van der Waals surface area contributed by atoms with Crippen molar-refractivity contribution in [1.29, 1.82) is 0 Å². The lowest BCUT2D eigenvalue weighted by Crippen LogP contribution is -2.34. The number of carbonyl (C=O) groups excluding carboxylic acids is 2. The molecule has 3 rings (SSSR count). The lowest BCUT2D eigenvalue weighted by Gasteiger charge is -2.23. The summed E-state index contributed by atoms with van der Waals surface area (Å²) in [6, 6.07) is 15.3. The number of hydrogen-bond donors (Lipinski definition) is 1. The first-order chi connectivity index (χ1) is 14.5. The molecule has 0 saturated carbocycles. The van der Waals surface area contributed by atoms with Gasteiger partial charge in [0.15, 0.2) is 12.2 Å². The van der Waals surface area contributed by atoms with E-state index in [-0.39, 0.29) is 24.5 Å². The summed E-state index contributed by atoms with van der Waals surface area (Å²) >= 11 is 0. The van der Waals surface area contributed by atoms with Gasteiger partial charge >= 0.3 is 5.97 Å². The number of nitrogens with one attached hydrogen (secondary N) is 1. The maximum absolute atomic E-state index is 12.3. The van der Waals surface area contributed by atoms with Crippen LogP contribution in [0.4, 0.5) is 0 Å². The number of rotatable bonds is 8. The number of amides is 1. The summed E-state index contributed by atoms with van der Waals surface area (Å²) in [7, 11) is 0. The fourth-order valence-electron chi connectivity index (χ4n) is 3.10. The number of ether oxygens (including phenoxy) is 1. The van der Waals surface area contributed by atoms with Crippen LogP contribution in [0.5, 0.6) is 0 Å². The number of oxazole rings is 1. The number of hydrogen-bond acceptors (Lipinski definition) is 5. The second kappa shape index (κ2) is 9.87. The molecule has 6 heteroatoms. The van der Waals surface area contributed by atoms with Crippen molar-refractivity contribution in [3.8, 4) is 0 Å². The summed E-state index contributed by atoms with van der Waals surface area (Å²) < 4.78 is 10.5. The minimum atomic E-state index is -0.638. The van der Waals surface area contributed by atoms with Crippen LogP contribution in [0.1, 0.15) is 43.8 Å². The van der Waals surface area contributed by atoms with Gasteiger partial charge in [-0.15, -0.1) is 0 Å². The van der Waals surface area contributed by atoms with Gasteiger partial charge in [-0.25, -0.2) is 9.78 Å². The van der Waals surface area contributed by atoms with Gasteiger partial charge in [-0.2, -0.15) is 0 Å². The Labute approximate surface area is 175 Å². The molecule has 0 unspecified atom stereocenters. The Morgan fingerprint density at radius 2 is 1.87 bits per heavy atom. The number of fused-ring (bicyclic) bond motifs is 1. The summed E-state index contributed by atoms with van der Waals surface area (Å²) in [5.74, 6) is -0.498. The van der Waals surface area contributed by atoms with Gasteiger partial charge < -0.3 is 14.5 Å². The van der Waals surface area contributed by atoms with E-state index in [0.717, 1.165) is 12.0 Å². The third kappa shape index (κ3) is 5.56. The van der Waals surface area contributed by atoms with Crippen LogP contribution in [-0.4, -0.2) is 23.5 Å². The number of carbonyl (C=O) groups is 2. The monoisotopic (exact) mass is 406 g/mol. The van der Waals surface area contributed by atoms with Gasteiger partial charge in [-0.3, -0.25) is 4.79 Å². The first-order valence-corrected chi connectivity index (χ1v) is 10.0. The highest BCUT2D eigenvalue weighted by Gasteiger charge is 2.19. The minimum Gasteiger partial charge on any atom is -0.452 e. The molecule has 0 saturated heterocycles. The second-order valence-corrected chi connectivity index (χ2v) is 7.35. The first kappa shape index (κ1) is 21.3. The lowest BCUT2D eigenvalue weighted by atomic mass is 9.95. The first-order valence-electron chi connectivity index (χ1n) is 10.0. The molecule has 1 heterocycles. The third-order valence-corrected chi connectivity index (χ3v) is 4.75. The van der Waals surface area contributed by atoms with Crippen molar-refractivity contribution in [2.45, 2.75) is 33.2 Å². The quantitative estimate of drug-likeness (QED) is 0.441. The lowest BCUT2D eigenvalue weighted by molar-refractivity contribution is -0.144. The van der Waals surface area contributed by atoms with Crippen LogP contribution in [0.3, 0.4) is 0 Å². The van der Waals surface area contributed by atoms with Crippen LogP contribution in [0.15, 0.2) is 59.0 Å². The van der Waals surface area contributed by atoms with Gasteiger partial charge in [0.2, 0.25) is 5.89 Å². The molecule has 0 radical (unpaired) electrons. The van der Waals surface area contributed by atoms with Gasteiger partial charge in [-0.05, 0) is 35.6 Å². The molecule has 3 aromatic rings. The molecule has 6 nitrogen and oxygen atoms in total. The normalized spacial score (nSPS) is 12.4. The number of aryl methyl sites for hydroxylation is 1. The average Bonchev–Trinajstić information content (AvgIpc) is 3.17. The van der Waals surface area contributed by atoms with E-state index in [1.54, 1.807) is 6.07 Å². The Balaban J connectivity index is 1.53. The van der Waals surface area contributed by atoms with Crippen molar-refractivity contribution in [1.82, 2.24) is 10.3 Å². The van der Waals surface area contributed by atoms with Gasteiger partial charge in [0.05, 0.1) is 6.04 Å². The Morgan fingerprint density at radius 3 is 2.53 bits per heavy atom. The smallest absolute Gasteiger partial charge is 0.331 e. The van der Waals surface area contributed by atoms with E-state index in [0.29, 0.717) is 17.0 Å². The van der Waals surface area contributed by atoms with Gasteiger partial charge in [0, 0.05) is 12.2 Å². The Kier molecular flexibility index (Phi) is 7.01. The highest BCUT2D eigenvalue weighted by Crippen LogP contribution is 2.22. The van der Waals surface area contributed by atoms with Crippen molar-refractivity contribution < 1.29 is 18.7 Å². The maximum atomic E-state index is 12.3. The van der Waals surface area contributed by atoms with E-state index < -0.39 is 5.97 Å². The highest BCUT2D eigenvalue weighted by atomic mass is 16.5. The Bertz CT molecular complexity index is 1000. The van der Waals surface area contributed by atoms with Crippen LogP contribution in [0, 0.1) is 5.92 Å². The third-order valence-electron chi connectivity index (χ3n) is 4.75. The predicted molar refractivity (Wildman–Crippen MR) is 116 cm³/mol. The zero-order valence-electron chi connectivity index (χ0n) is 17.4. The summed E-state index contributed by atoms with van der Waals surface area (Å²) in [5, 5.41) is 2.95. The van der Waals surface area contributed by atoms with Crippen LogP contribution < -0.4 is 5.32 Å². The van der Waals surface area contributed by atoms with E-state index in [4.69, 9.17) is 9.15 Å². The van der Waals surface area contributed by atoms with E-state index in [2.05, 4.69) is 29.4 Å². The van der Waals surface area contributed by atoms with Crippen molar-refractivity contribution in [2.75, 3.05) is 6.61 Å². The maximum Gasteiger partial charge on any atom is 0.331 e. The van der Waals surface area contributed by atoms with Crippen molar-refractivity contribution in [3.05, 3.63) is 71.6 Å². The van der Waals surface area contributed by atoms with E-state index >= 15 is 0 Å². The molecular formula is C24H26N2O4. The van der Waals surface area contributed by atoms with Crippen LogP contribution in [-0.2, 0) is 20.7 Å². The summed E-state index contributed by atoms with van der Waals surface area (Å²) in [5.41, 5.74) is 3.61. The van der Waals surface area contributed by atoms with E-state index in [9.17, 15) is 9.59 Å². The number of esters is 1. The zero-order valence-corrected chi connectivity index (χ0v) is 17.4. The molecule has 0 aliphatic heterocycles. The molecule has 0 fully saturated rings. The Hall–Kier alpha value is -3.41. The van der Waals surface area contributed by atoms with Crippen LogP contribution >= 0.6 is 0 Å². The minimum absolute atomic E-state index is 0.155. The number of nitrogens with zero attached hydrogens (tertiary/aromatic N) is 1. The van der Waals surface area contributed by atoms with Gasteiger partial charge in [-0.1, -0.05) is 57.2 Å². The molecule has 2 aromatic carbocycles. The summed E-state index contributed by atoms with van der Waals surface area (Å²) in [4.78, 5) is 28.5. The summed E-state index contributed by atoms with van der Waals surface area (Å²) in [6.07, 6.45) is 3.58. The number of aromatic nitrogens is 1. The van der Waals surface area contributed by atoms with E-state index in [1.165, 1.54) is 17.7 Å². The van der Waals surface area contributed by atoms with Crippen molar-refractivity contribution in [3.63, 3.8) is 0 Å². The molecule has 0 spiro atoms. The van der Waals surface area contributed by atoms with Crippen LogP contribution in [0.2, 0.25) is 0 Å². The molecule has 0 aliphatic rings. The largest absolute Gasteiger partial charge is 0.452 e. The summed E-state index contributed by atoms with van der Waals surface area (Å²) in [6.45, 7) is 5.82. The van der Waals surface area contributed by atoms with E-state index in [1.807, 2.05) is 44.2 Å². The molecule has 1 aromatic heterocycles. The predicted octanol–water partition coefficient (Wildman–Crippen LogP) is 4.46. The topological polar surface area (TPSA) is 81.4 Å². The van der Waals surface area contributed by atoms with Crippen molar-refractivity contribution in [2.24, 2.45) is 5.92 Å². The SMILES string of the molecule is CCc1ccc([C@H](NC(=O)COC(=O)/C=C/c2nc3ccccc3o2)C(C)C)cc1. The van der Waals surface area contributed by atoms with Crippen molar-refractivity contribution >= 4 is 29.1 Å². The molecule has 1 atom stereocenters. The average molecular weight is 406 g/mol. The zero-order chi connectivity index (χ0) is 21.5. The second-order valence-electron chi connectivity index (χ2n) is 7.35. The molecule has 156 valence electrons.